The van der Waals surface area contributed by atoms with Gasteiger partial charge >= 0.3 is 0 Å². The van der Waals surface area contributed by atoms with Crippen molar-refractivity contribution in [2.45, 2.75) is 38.6 Å². The van der Waals surface area contributed by atoms with Crippen LogP contribution in [0.4, 0.5) is 0 Å². The molecule has 5 heteroatoms. The number of amides is 1. The Hall–Kier alpha value is -1.62. The number of ether oxygens (including phenoxy) is 1. The summed E-state index contributed by atoms with van der Waals surface area (Å²) in [6.45, 7) is 4.76. The second-order valence-corrected chi connectivity index (χ2v) is 5.47. The van der Waals surface area contributed by atoms with E-state index in [4.69, 9.17) is 4.74 Å². The van der Waals surface area contributed by atoms with Crippen LogP contribution in [0.15, 0.2) is 18.5 Å². The molecule has 1 N–H and O–H groups in total. The molecule has 0 aromatic carbocycles. The summed E-state index contributed by atoms with van der Waals surface area (Å²) in [5, 5.41) is 3.46. The van der Waals surface area contributed by atoms with Crippen molar-refractivity contribution in [3.8, 4) is 5.75 Å². The van der Waals surface area contributed by atoms with Crippen molar-refractivity contribution < 1.29 is 9.53 Å². The van der Waals surface area contributed by atoms with Crippen molar-refractivity contribution in [1.29, 1.82) is 0 Å². The maximum absolute atomic E-state index is 12.8. The molecule has 1 atom stereocenters. The molecule has 1 aromatic rings. The van der Waals surface area contributed by atoms with Gasteiger partial charge in [-0.3, -0.25) is 9.78 Å². The Balaban J connectivity index is 2.11. The third-order valence-electron chi connectivity index (χ3n) is 3.91. The molecule has 1 aromatic heterocycles. The molecule has 1 aliphatic heterocycles. The van der Waals surface area contributed by atoms with Crippen LogP contribution in [0.5, 0.6) is 5.75 Å². The summed E-state index contributed by atoms with van der Waals surface area (Å²) in [7, 11) is 1.57. The van der Waals surface area contributed by atoms with Crippen LogP contribution in [0, 0.1) is 0 Å². The van der Waals surface area contributed by atoms with Gasteiger partial charge < -0.3 is 15.0 Å². The molecule has 1 unspecified atom stereocenters. The van der Waals surface area contributed by atoms with E-state index in [1.807, 2.05) is 4.90 Å². The van der Waals surface area contributed by atoms with Gasteiger partial charge in [-0.15, -0.1) is 0 Å². The topological polar surface area (TPSA) is 54.5 Å². The van der Waals surface area contributed by atoms with Gasteiger partial charge in [-0.1, -0.05) is 13.3 Å². The average molecular weight is 291 g/mol. The fraction of sp³-hybridized carbons (Fsp3) is 0.625. The van der Waals surface area contributed by atoms with Crippen molar-refractivity contribution in [2.75, 3.05) is 26.7 Å². The molecule has 2 heterocycles. The number of unbranched alkanes of at least 4 members (excludes halogenated alkanes) is 1. The molecule has 2 rings (SSSR count). The molecule has 0 aliphatic carbocycles. The van der Waals surface area contributed by atoms with E-state index in [0.717, 1.165) is 38.9 Å². The molecular weight excluding hydrogens is 266 g/mol. The summed E-state index contributed by atoms with van der Waals surface area (Å²) in [6.07, 6.45) is 7.67. The number of hydrogen-bond donors (Lipinski definition) is 1. The fourth-order valence-corrected chi connectivity index (χ4v) is 2.69. The molecule has 0 bridgehead atoms. The minimum absolute atomic E-state index is 0.0383. The third kappa shape index (κ3) is 4.17. The quantitative estimate of drug-likeness (QED) is 0.836. The summed E-state index contributed by atoms with van der Waals surface area (Å²) in [5.41, 5.74) is 0.599. The van der Waals surface area contributed by atoms with Crippen molar-refractivity contribution in [2.24, 2.45) is 0 Å². The summed E-state index contributed by atoms with van der Waals surface area (Å²) < 4.78 is 5.27. The van der Waals surface area contributed by atoms with Crippen LogP contribution in [-0.2, 0) is 0 Å². The van der Waals surface area contributed by atoms with E-state index in [1.54, 1.807) is 25.6 Å². The first kappa shape index (κ1) is 15.8. The molecule has 1 aliphatic rings. The van der Waals surface area contributed by atoms with E-state index in [2.05, 4.69) is 17.2 Å². The van der Waals surface area contributed by atoms with Crippen LogP contribution in [-0.4, -0.2) is 48.6 Å². The average Bonchev–Trinajstić information content (AvgIpc) is 3.03. The largest absolute Gasteiger partial charge is 0.494 e. The Morgan fingerprint density at radius 1 is 1.57 bits per heavy atom. The monoisotopic (exact) mass is 291 g/mol. The highest BCUT2D eigenvalue weighted by atomic mass is 16.5. The number of rotatable bonds is 7. The highest BCUT2D eigenvalue weighted by molar-refractivity contribution is 5.96. The zero-order chi connectivity index (χ0) is 15.1. The first-order chi connectivity index (χ1) is 10.3. The van der Waals surface area contributed by atoms with E-state index >= 15 is 0 Å². The molecular formula is C16H25N3O2. The maximum Gasteiger partial charge on any atom is 0.257 e. The van der Waals surface area contributed by atoms with Crippen LogP contribution in [0.1, 0.15) is 43.0 Å². The van der Waals surface area contributed by atoms with Crippen molar-refractivity contribution >= 4 is 5.91 Å². The van der Waals surface area contributed by atoms with Gasteiger partial charge in [-0.2, -0.15) is 0 Å². The Bertz CT molecular complexity index is 459. The summed E-state index contributed by atoms with van der Waals surface area (Å²) >= 11 is 0. The number of nitrogens with one attached hydrogen (secondary N) is 1. The smallest absolute Gasteiger partial charge is 0.257 e. The van der Waals surface area contributed by atoms with Gasteiger partial charge in [0.05, 0.1) is 18.9 Å². The number of nitrogens with zero attached hydrogens (tertiary/aromatic N) is 2. The zero-order valence-corrected chi connectivity index (χ0v) is 13.0. The highest BCUT2D eigenvalue weighted by Gasteiger charge is 2.24. The predicted molar refractivity (Wildman–Crippen MR) is 82.6 cm³/mol. The number of aromatic nitrogens is 1. The standard InChI is InChI=1S/C16H25N3O2/c1-3-4-10-19(12-13-6-5-8-18-13)16(20)14-7-9-17-11-15(14)21-2/h7,9,11,13,18H,3-6,8,10,12H2,1-2H3. The second kappa shape index (κ2) is 7.98. The Kier molecular flexibility index (Phi) is 5.99. The molecule has 1 saturated heterocycles. The van der Waals surface area contributed by atoms with E-state index in [1.165, 1.54) is 6.42 Å². The fourth-order valence-electron chi connectivity index (χ4n) is 2.69. The second-order valence-electron chi connectivity index (χ2n) is 5.47. The number of hydrogen-bond acceptors (Lipinski definition) is 4. The normalized spacial score (nSPS) is 17.7. The molecule has 1 fully saturated rings. The van der Waals surface area contributed by atoms with Gasteiger partial charge in [0.15, 0.2) is 0 Å². The lowest BCUT2D eigenvalue weighted by Gasteiger charge is -2.26. The number of carbonyl (C=O) groups excluding carboxylic acids is 1. The molecule has 0 spiro atoms. The lowest BCUT2D eigenvalue weighted by Crippen LogP contribution is -2.41. The minimum atomic E-state index is 0.0383. The molecule has 0 saturated carbocycles. The first-order valence-corrected chi connectivity index (χ1v) is 7.77. The summed E-state index contributed by atoms with van der Waals surface area (Å²) in [4.78, 5) is 18.8. The highest BCUT2D eigenvalue weighted by Crippen LogP contribution is 2.19. The van der Waals surface area contributed by atoms with Gasteiger partial charge in [0.25, 0.3) is 5.91 Å². The summed E-state index contributed by atoms with van der Waals surface area (Å²) in [5.74, 6) is 0.583. The maximum atomic E-state index is 12.8. The molecule has 21 heavy (non-hydrogen) atoms. The number of carbonyl (C=O) groups is 1. The van der Waals surface area contributed by atoms with Gasteiger partial charge in [0, 0.05) is 25.3 Å². The third-order valence-corrected chi connectivity index (χ3v) is 3.91. The Morgan fingerprint density at radius 3 is 3.10 bits per heavy atom. The number of pyridine rings is 1. The molecule has 1 amide bonds. The van der Waals surface area contributed by atoms with Crippen LogP contribution >= 0.6 is 0 Å². The van der Waals surface area contributed by atoms with E-state index < -0.39 is 0 Å². The minimum Gasteiger partial charge on any atom is -0.494 e. The lowest BCUT2D eigenvalue weighted by molar-refractivity contribution is 0.0736. The van der Waals surface area contributed by atoms with Crippen LogP contribution in [0.3, 0.4) is 0 Å². The Morgan fingerprint density at radius 2 is 2.43 bits per heavy atom. The molecule has 0 radical (unpaired) electrons. The SMILES string of the molecule is CCCCN(CC1CCCN1)C(=O)c1ccncc1OC. The van der Waals surface area contributed by atoms with Crippen LogP contribution < -0.4 is 10.1 Å². The van der Waals surface area contributed by atoms with Crippen LogP contribution in [0.25, 0.3) is 0 Å². The molecule has 116 valence electrons. The van der Waals surface area contributed by atoms with Crippen molar-refractivity contribution in [1.82, 2.24) is 15.2 Å². The van der Waals surface area contributed by atoms with Gasteiger partial charge in [-0.25, -0.2) is 0 Å². The Labute approximate surface area is 126 Å². The van der Waals surface area contributed by atoms with E-state index in [0.29, 0.717) is 17.4 Å². The van der Waals surface area contributed by atoms with Gasteiger partial charge in [-0.05, 0) is 31.9 Å². The van der Waals surface area contributed by atoms with Gasteiger partial charge in [0.2, 0.25) is 0 Å². The van der Waals surface area contributed by atoms with Crippen LogP contribution in [0.2, 0.25) is 0 Å². The van der Waals surface area contributed by atoms with E-state index in [-0.39, 0.29) is 5.91 Å². The van der Waals surface area contributed by atoms with Gasteiger partial charge in [0.1, 0.15) is 5.75 Å². The first-order valence-electron chi connectivity index (χ1n) is 7.77. The summed E-state index contributed by atoms with van der Waals surface area (Å²) in [6, 6.07) is 2.15. The molecule has 5 nitrogen and oxygen atoms in total. The zero-order valence-electron chi connectivity index (χ0n) is 13.0. The van der Waals surface area contributed by atoms with Crippen molar-refractivity contribution in [3.63, 3.8) is 0 Å². The van der Waals surface area contributed by atoms with Crippen molar-refractivity contribution in [3.05, 3.63) is 24.0 Å². The van der Waals surface area contributed by atoms with E-state index in [9.17, 15) is 4.79 Å². The lowest BCUT2D eigenvalue weighted by atomic mass is 10.1. The predicted octanol–water partition coefficient (Wildman–Crippen LogP) is 2.08. The number of methoxy groups -OCH3 is 1.